The fraction of sp³-hybridized carbons (Fsp3) is 0.818. The lowest BCUT2D eigenvalue weighted by Crippen LogP contribution is -2.51. The quantitative estimate of drug-likeness (QED) is 0.670. The highest BCUT2D eigenvalue weighted by atomic mass is 19.1. The highest BCUT2D eigenvalue weighted by molar-refractivity contribution is 5.31. The second kappa shape index (κ2) is 5.92. The van der Waals surface area contributed by atoms with Crippen LogP contribution in [0.3, 0.4) is 0 Å². The van der Waals surface area contributed by atoms with Gasteiger partial charge < -0.3 is 10.2 Å². The predicted molar refractivity (Wildman–Crippen MR) is 97.5 cm³/mol. The van der Waals surface area contributed by atoms with Crippen LogP contribution in [0.1, 0.15) is 65.7 Å². The van der Waals surface area contributed by atoms with E-state index in [1.54, 1.807) is 0 Å². The van der Waals surface area contributed by atoms with Crippen LogP contribution in [0.5, 0.6) is 0 Å². The average molecular weight is 349 g/mol. The standard InChI is InChI=1S/C22H33FO2/c1-13-15-5-4-14-16-6-7-18(19(23)12-24)22(16,3)10-8-17(14)21(15,2)11-9-20(13)25/h5,13-14,16-17,20,24-25H,4,6-12H2,1-3H3/b19-18+. The van der Waals surface area contributed by atoms with Crippen molar-refractivity contribution in [1.29, 1.82) is 0 Å². The van der Waals surface area contributed by atoms with Gasteiger partial charge in [-0.15, -0.1) is 0 Å². The maximum Gasteiger partial charge on any atom is 0.125 e. The maximum absolute atomic E-state index is 14.3. The lowest BCUT2D eigenvalue weighted by Gasteiger charge is -2.58. The van der Waals surface area contributed by atoms with Crippen molar-refractivity contribution < 1.29 is 14.6 Å². The van der Waals surface area contributed by atoms with Gasteiger partial charge in [0, 0.05) is 5.92 Å². The van der Waals surface area contributed by atoms with Gasteiger partial charge in [-0.25, -0.2) is 4.39 Å². The number of allylic oxidation sites excluding steroid dienone is 2. The Morgan fingerprint density at radius 3 is 2.56 bits per heavy atom. The number of hydrogen-bond acceptors (Lipinski definition) is 2. The molecule has 0 aromatic carbocycles. The van der Waals surface area contributed by atoms with Crippen molar-refractivity contribution in [2.75, 3.05) is 6.61 Å². The van der Waals surface area contributed by atoms with Crippen LogP contribution in [0.4, 0.5) is 4.39 Å². The van der Waals surface area contributed by atoms with Crippen LogP contribution >= 0.6 is 0 Å². The Balaban J connectivity index is 1.70. The largest absolute Gasteiger partial charge is 0.393 e. The van der Waals surface area contributed by atoms with Crippen molar-refractivity contribution in [3.63, 3.8) is 0 Å². The Hall–Kier alpha value is -0.670. The molecule has 0 aromatic rings. The molecule has 7 unspecified atom stereocenters. The molecule has 0 amide bonds. The van der Waals surface area contributed by atoms with E-state index in [0.717, 1.165) is 50.5 Å². The lowest BCUT2D eigenvalue weighted by molar-refractivity contribution is -0.0392. The monoisotopic (exact) mass is 348 g/mol. The minimum atomic E-state index is -0.442. The second-order valence-corrected chi connectivity index (χ2v) is 9.62. The zero-order chi connectivity index (χ0) is 18.0. The predicted octanol–water partition coefficient (Wildman–Crippen LogP) is 4.77. The van der Waals surface area contributed by atoms with E-state index < -0.39 is 6.61 Å². The summed E-state index contributed by atoms with van der Waals surface area (Å²) in [6.07, 6.45) is 9.40. The molecule has 0 saturated heterocycles. The first-order valence-electron chi connectivity index (χ1n) is 10.2. The minimum Gasteiger partial charge on any atom is -0.393 e. The molecule has 0 aliphatic heterocycles. The minimum absolute atomic E-state index is 0.0600. The van der Waals surface area contributed by atoms with Crippen LogP contribution in [0.2, 0.25) is 0 Å². The fourth-order valence-electron chi connectivity index (χ4n) is 7.41. The molecule has 0 radical (unpaired) electrons. The summed E-state index contributed by atoms with van der Waals surface area (Å²) in [4.78, 5) is 0. The summed E-state index contributed by atoms with van der Waals surface area (Å²) in [5.41, 5.74) is 2.55. The molecule has 0 bridgehead atoms. The van der Waals surface area contributed by atoms with Crippen LogP contribution in [0.15, 0.2) is 23.0 Å². The topological polar surface area (TPSA) is 40.5 Å². The van der Waals surface area contributed by atoms with Crippen molar-refractivity contribution >= 4 is 0 Å². The fourth-order valence-corrected chi connectivity index (χ4v) is 7.41. The molecule has 3 saturated carbocycles. The first-order chi connectivity index (χ1) is 11.8. The van der Waals surface area contributed by atoms with E-state index in [1.807, 2.05) is 0 Å². The highest BCUT2D eigenvalue weighted by Crippen LogP contribution is 2.66. The number of aliphatic hydroxyl groups is 2. The molecule has 2 N–H and O–H groups in total. The van der Waals surface area contributed by atoms with Crippen LogP contribution in [-0.2, 0) is 0 Å². The normalized spacial score (nSPS) is 51.3. The van der Waals surface area contributed by atoms with Gasteiger partial charge in [0.2, 0.25) is 0 Å². The molecule has 2 nitrogen and oxygen atoms in total. The van der Waals surface area contributed by atoms with E-state index in [0.29, 0.717) is 17.8 Å². The van der Waals surface area contributed by atoms with E-state index >= 15 is 0 Å². The molecule has 4 rings (SSSR count). The Bertz CT molecular complexity index is 624. The number of hydrogen-bond donors (Lipinski definition) is 2. The lowest BCUT2D eigenvalue weighted by atomic mass is 9.46. The van der Waals surface area contributed by atoms with Crippen molar-refractivity contribution in [2.24, 2.45) is 34.5 Å². The number of halogens is 1. The van der Waals surface area contributed by atoms with Crippen molar-refractivity contribution in [3.05, 3.63) is 23.0 Å². The third-order valence-electron chi connectivity index (χ3n) is 8.80. The molecule has 25 heavy (non-hydrogen) atoms. The summed E-state index contributed by atoms with van der Waals surface area (Å²) >= 11 is 0. The van der Waals surface area contributed by atoms with E-state index in [-0.39, 0.29) is 28.7 Å². The zero-order valence-corrected chi connectivity index (χ0v) is 15.9. The third kappa shape index (κ3) is 2.34. The Morgan fingerprint density at radius 1 is 1.16 bits per heavy atom. The highest BCUT2D eigenvalue weighted by Gasteiger charge is 2.58. The van der Waals surface area contributed by atoms with Gasteiger partial charge in [0.25, 0.3) is 0 Å². The smallest absolute Gasteiger partial charge is 0.125 e. The number of aliphatic hydroxyl groups excluding tert-OH is 2. The van der Waals surface area contributed by atoms with E-state index in [2.05, 4.69) is 26.8 Å². The summed E-state index contributed by atoms with van der Waals surface area (Å²) in [5.74, 6) is 1.83. The molecule has 4 aliphatic rings. The van der Waals surface area contributed by atoms with Gasteiger partial charge in [0.1, 0.15) is 5.83 Å². The molecule has 0 spiro atoms. The zero-order valence-electron chi connectivity index (χ0n) is 15.9. The van der Waals surface area contributed by atoms with Gasteiger partial charge in [0.15, 0.2) is 0 Å². The van der Waals surface area contributed by atoms with Crippen molar-refractivity contribution in [2.45, 2.75) is 71.8 Å². The van der Waals surface area contributed by atoms with E-state index in [1.165, 1.54) is 5.57 Å². The Kier molecular flexibility index (Phi) is 4.20. The van der Waals surface area contributed by atoms with E-state index in [4.69, 9.17) is 0 Å². The molecular formula is C22H33FO2. The molecule has 7 atom stereocenters. The van der Waals surface area contributed by atoms with Crippen molar-refractivity contribution in [1.82, 2.24) is 0 Å². The van der Waals surface area contributed by atoms with Gasteiger partial charge in [-0.05, 0) is 79.1 Å². The van der Waals surface area contributed by atoms with E-state index in [9.17, 15) is 14.6 Å². The first kappa shape index (κ1) is 17.7. The van der Waals surface area contributed by atoms with Gasteiger partial charge in [-0.3, -0.25) is 0 Å². The summed E-state index contributed by atoms with van der Waals surface area (Å²) in [6, 6.07) is 0. The summed E-state index contributed by atoms with van der Waals surface area (Å²) in [5, 5.41) is 19.6. The molecule has 3 heteroatoms. The van der Waals surface area contributed by atoms with Gasteiger partial charge in [-0.2, -0.15) is 0 Å². The molecule has 0 aromatic heterocycles. The van der Waals surface area contributed by atoms with Crippen LogP contribution in [0, 0.1) is 34.5 Å². The molecular weight excluding hydrogens is 315 g/mol. The second-order valence-electron chi connectivity index (χ2n) is 9.62. The van der Waals surface area contributed by atoms with Gasteiger partial charge in [0.05, 0.1) is 12.7 Å². The molecule has 3 fully saturated rings. The molecule has 140 valence electrons. The third-order valence-corrected chi connectivity index (χ3v) is 8.80. The average Bonchev–Trinajstić information content (AvgIpc) is 2.95. The summed E-state index contributed by atoms with van der Waals surface area (Å²) < 4.78 is 14.3. The number of fused-ring (bicyclic) bond motifs is 5. The summed E-state index contributed by atoms with van der Waals surface area (Å²) in [6.45, 7) is 6.43. The SMILES string of the molecule is CC1C2=CCC3C(CCC4(C)/C(=C(/F)CO)CCC34)C2(C)CCC1O. The van der Waals surface area contributed by atoms with Gasteiger partial charge >= 0.3 is 0 Å². The molecule has 4 aliphatic carbocycles. The maximum atomic E-state index is 14.3. The Labute approximate surface area is 151 Å². The summed E-state index contributed by atoms with van der Waals surface area (Å²) in [7, 11) is 0. The van der Waals surface area contributed by atoms with Gasteiger partial charge in [-0.1, -0.05) is 32.4 Å². The molecule has 0 heterocycles. The first-order valence-corrected chi connectivity index (χ1v) is 10.2. The number of rotatable bonds is 1. The van der Waals surface area contributed by atoms with Crippen LogP contribution < -0.4 is 0 Å². The van der Waals surface area contributed by atoms with Crippen molar-refractivity contribution in [3.8, 4) is 0 Å². The van der Waals surface area contributed by atoms with Crippen LogP contribution in [-0.4, -0.2) is 22.9 Å². The van der Waals surface area contributed by atoms with Crippen LogP contribution in [0.25, 0.3) is 0 Å². The Morgan fingerprint density at radius 2 is 1.84 bits per heavy atom.